The summed E-state index contributed by atoms with van der Waals surface area (Å²) < 4.78 is 20.3. The van der Waals surface area contributed by atoms with Gasteiger partial charge in [-0.25, -0.2) is 9.07 Å². The van der Waals surface area contributed by atoms with Gasteiger partial charge in [0, 0.05) is 12.6 Å². The standard InChI is InChI=1S/C19H22FN3O3/c1-13(26-17-9-5-3-7-15(17)20)19(25)21-10-11-23-18(24)12-14-6-2-4-8-16(14)22-23/h3,5,7,9,12-13H,2,4,6,8,10-11H2,1H3,(H,21,25). The van der Waals surface area contributed by atoms with Crippen molar-refractivity contribution in [3.63, 3.8) is 0 Å². The number of para-hydroxylation sites is 1. The number of hydrogen-bond donors (Lipinski definition) is 1. The second-order valence-electron chi connectivity index (χ2n) is 6.37. The van der Waals surface area contributed by atoms with Crippen molar-refractivity contribution in [2.24, 2.45) is 0 Å². The lowest BCUT2D eigenvalue weighted by atomic mass is 9.97. The molecule has 1 N–H and O–H groups in total. The Morgan fingerprint density at radius 1 is 1.35 bits per heavy atom. The van der Waals surface area contributed by atoms with Gasteiger partial charge in [0.25, 0.3) is 11.5 Å². The monoisotopic (exact) mass is 359 g/mol. The predicted molar refractivity (Wildman–Crippen MR) is 94.6 cm³/mol. The van der Waals surface area contributed by atoms with Gasteiger partial charge in [-0.2, -0.15) is 5.10 Å². The fourth-order valence-electron chi connectivity index (χ4n) is 2.97. The van der Waals surface area contributed by atoms with E-state index in [-0.39, 0.29) is 30.3 Å². The van der Waals surface area contributed by atoms with Crippen LogP contribution in [0.4, 0.5) is 4.39 Å². The molecule has 6 nitrogen and oxygen atoms in total. The van der Waals surface area contributed by atoms with Gasteiger partial charge in [-0.15, -0.1) is 0 Å². The molecule has 1 atom stereocenters. The summed E-state index contributed by atoms with van der Waals surface area (Å²) in [4.78, 5) is 24.2. The van der Waals surface area contributed by atoms with Crippen LogP contribution in [0.25, 0.3) is 0 Å². The normalized spacial score (nSPS) is 14.4. The second kappa shape index (κ2) is 8.12. The van der Waals surface area contributed by atoms with Gasteiger partial charge in [0.2, 0.25) is 0 Å². The van der Waals surface area contributed by atoms with Crippen LogP contribution in [0, 0.1) is 5.82 Å². The lowest BCUT2D eigenvalue weighted by Crippen LogP contribution is -2.39. The molecule has 1 aliphatic rings. The average molecular weight is 359 g/mol. The van der Waals surface area contributed by atoms with E-state index in [0.717, 1.165) is 36.9 Å². The Balaban J connectivity index is 1.54. The van der Waals surface area contributed by atoms with Crippen LogP contribution < -0.4 is 15.6 Å². The maximum Gasteiger partial charge on any atom is 0.267 e. The summed E-state index contributed by atoms with van der Waals surface area (Å²) in [5.74, 6) is -0.862. The summed E-state index contributed by atoms with van der Waals surface area (Å²) in [7, 11) is 0. The number of amides is 1. The molecule has 0 saturated carbocycles. The molecule has 26 heavy (non-hydrogen) atoms. The molecule has 0 bridgehead atoms. The van der Waals surface area contributed by atoms with Gasteiger partial charge in [-0.05, 0) is 50.3 Å². The van der Waals surface area contributed by atoms with Crippen molar-refractivity contribution in [1.82, 2.24) is 15.1 Å². The van der Waals surface area contributed by atoms with Crippen LogP contribution in [0.1, 0.15) is 31.0 Å². The van der Waals surface area contributed by atoms with Crippen molar-refractivity contribution in [2.75, 3.05) is 6.54 Å². The number of benzene rings is 1. The molecule has 0 radical (unpaired) electrons. The molecule has 0 aliphatic heterocycles. The third-order valence-electron chi connectivity index (χ3n) is 4.41. The zero-order valence-electron chi connectivity index (χ0n) is 14.7. The van der Waals surface area contributed by atoms with Crippen LogP contribution in [0.15, 0.2) is 35.1 Å². The lowest BCUT2D eigenvalue weighted by molar-refractivity contribution is -0.127. The summed E-state index contributed by atoms with van der Waals surface area (Å²) in [6.07, 6.45) is 3.11. The van der Waals surface area contributed by atoms with Gasteiger partial charge >= 0.3 is 0 Å². The first kappa shape index (κ1) is 18.1. The smallest absolute Gasteiger partial charge is 0.267 e. The average Bonchev–Trinajstić information content (AvgIpc) is 2.63. The first-order valence-electron chi connectivity index (χ1n) is 8.83. The zero-order valence-corrected chi connectivity index (χ0v) is 14.7. The molecule has 3 rings (SSSR count). The van der Waals surface area contributed by atoms with Gasteiger partial charge in [-0.3, -0.25) is 9.59 Å². The first-order chi connectivity index (χ1) is 12.5. The zero-order chi connectivity index (χ0) is 18.5. The predicted octanol–water partition coefficient (Wildman–Crippen LogP) is 1.84. The van der Waals surface area contributed by atoms with Crippen LogP contribution in [0.5, 0.6) is 5.75 Å². The molecule has 1 aromatic carbocycles. The van der Waals surface area contributed by atoms with E-state index in [2.05, 4.69) is 10.4 Å². The van der Waals surface area contributed by atoms with Crippen LogP contribution in [0.2, 0.25) is 0 Å². The number of ether oxygens (including phenoxy) is 1. The summed E-state index contributed by atoms with van der Waals surface area (Å²) in [5, 5.41) is 7.10. The maximum absolute atomic E-state index is 13.6. The van der Waals surface area contributed by atoms with Crippen molar-refractivity contribution in [1.29, 1.82) is 0 Å². The highest BCUT2D eigenvalue weighted by Gasteiger charge is 2.17. The van der Waals surface area contributed by atoms with E-state index in [4.69, 9.17) is 4.74 Å². The minimum atomic E-state index is -0.847. The van der Waals surface area contributed by atoms with Crippen molar-refractivity contribution < 1.29 is 13.9 Å². The molecular weight excluding hydrogens is 337 g/mol. The molecule has 138 valence electrons. The largest absolute Gasteiger partial charge is 0.478 e. The van der Waals surface area contributed by atoms with Gasteiger partial charge in [0.05, 0.1) is 12.2 Å². The van der Waals surface area contributed by atoms with E-state index in [0.29, 0.717) is 0 Å². The molecule has 2 aromatic rings. The van der Waals surface area contributed by atoms with Gasteiger partial charge in [-0.1, -0.05) is 12.1 Å². The minimum absolute atomic E-state index is 0.0303. The van der Waals surface area contributed by atoms with E-state index in [9.17, 15) is 14.0 Å². The summed E-state index contributed by atoms with van der Waals surface area (Å²) in [6, 6.07) is 7.57. The van der Waals surface area contributed by atoms with E-state index in [1.165, 1.54) is 16.8 Å². The molecule has 7 heteroatoms. The highest BCUT2D eigenvalue weighted by atomic mass is 19.1. The fourth-order valence-corrected chi connectivity index (χ4v) is 2.97. The molecule has 1 unspecified atom stereocenters. The van der Waals surface area contributed by atoms with Crippen LogP contribution >= 0.6 is 0 Å². The first-order valence-corrected chi connectivity index (χ1v) is 8.83. The van der Waals surface area contributed by atoms with E-state index < -0.39 is 11.9 Å². The number of carbonyl (C=O) groups is 1. The highest BCUT2D eigenvalue weighted by molar-refractivity contribution is 5.80. The Morgan fingerprint density at radius 3 is 2.92 bits per heavy atom. The third kappa shape index (κ3) is 4.28. The number of hydrogen-bond acceptors (Lipinski definition) is 4. The number of fused-ring (bicyclic) bond motifs is 1. The molecule has 0 spiro atoms. The Kier molecular flexibility index (Phi) is 5.65. The maximum atomic E-state index is 13.6. The lowest BCUT2D eigenvalue weighted by Gasteiger charge is -2.17. The van der Waals surface area contributed by atoms with Crippen molar-refractivity contribution in [2.45, 2.75) is 45.3 Å². The molecule has 1 amide bonds. The summed E-state index contributed by atoms with van der Waals surface area (Å²) >= 11 is 0. The highest BCUT2D eigenvalue weighted by Crippen LogP contribution is 2.17. The summed E-state index contributed by atoms with van der Waals surface area (Å²) in [6.45, 7) is 2.07. The molecule has 0 fully saturated rings. The summed E-state index contributed by atoms with van der Waals surface area (Å²) in [5.41, 5.74) is 1.85. The Hall–Kier alpha value is -2.70. The number of halogens is 1. The van der Waals surface area contributed by atoms with Crippen LogP contribution in [0.3, 0.4) is 0 Å². The van der Waals surface area contributed by atoms with Crippen molar-refractivity contribution >= 4 is 5.91 Å². The van der Waals surface area contributed by atoms with E-state index >= 15 is 0 Å². The number of aromatic nitrogens is 2. The Labute approximate surface area is 151 Å². The van der Waals surface area contributed by atoms with Gasteiger partial charge in [0.1, 0.15) is 0 Å². The number of nitrogens with zero attached hydrogens (tertiary/aromatic N) is 2. The SMILES string of the molecule is CC(Oc1ccccc1F)C(=O)NCCn1nc2c(cc1=O)CCCC2. The van der Waals surface area contributed by atoms with Crippen molar-refractivity contribution in [3.05, 3.63) is 57.8 Å². The van der Waals surface area contributed by atoms with Gasteiger partial charge < -0.3 is 10.1 Å². The number of nitrogens with one attached hydrogen (secondary N) is 1. The molecule has 0 saturated heterocycles. The quantitative estimate of drug-likeness (QED) is 0.854. The van der Waals surface area contributed by atoms with Crippen LogP contribution in [-0.4, -0.2) is 28.3 Å². The number of rotatable bonds is 6. The van der Waals surface area contributed by atoms with E-state index in [1.54, 1.807) is 25.1 Å². The Morgan fingerprint density at radius 2 is 2.12 bits per heavy atom. The van der Waals surface area contributed by atoms with E-state index in [1.807, 2.05) is 0 Å². The topological polar surface area (TPSA) is 73.2 Å². The van der Waals surface area contributed by atoms with Gasteiger partial charge in [0.15, 0.2) is 17.7 Å². The minimum Gasteiger partial charge on any atom is -0.478 e. The molecular formula is C19H22FN3O3. The fraction of sp³-hybridized carbons (Fsp3) is 0.421. The number of carbonyl (C=O) groups excluding carboxylic acids is 1. The second-order valence-corrected chi connectivity index (χ2v) is 6.37. The Bertz CT molecular complexity index is 850. The molecule has 1 heterocycles. The third-order valence-corrected chi connectivity index (χ3v) is 4.41. The number of aryl methyl sites for hydroxylation is 2. The van der Waals surface area contributed by atoms with Crippen molar-refractivity contribution in [3.8, 4) is 5.75 Å². The molecule has 1 aliphatic carbocycles. The van der Waals surface area contributed by atoms with Crippen LogP contribution in [-0.2, 0) is 24.2 Å². The molecule has 1 aromatic heterocycles.